The van der Waals surface area contributed by atoms with Crippen LogP contribution in [0.2, 0.25) is 0 Å². The maximum Gasteiger partial charge on any atom is 0.153 e. The van der Waals surface area contributed by atoms with Gasteiger partial charge in [0.15, 0.2) is 5.82 Å². The smallest absolute Gasteiger partial charge is 0.153 e. The molecule has 2 aromatic rings. The maximum absolute atomic E-state index is 5.06. The van der Waals surface area contributed by atoms with Gasteiger partial charge in [-0.25, -0.2) is 15.0 Å². The topological polar surface area (TPSA) is 75.8 Å². The third kappa shape index (κ3) is 5.21. The number of aryl methyl sites for hydroxylation is 1. The number of dihydropyridines is 1. The molecule has 1 aliphatic heterocycles. The van der Waals surface area contributed by atoms with Crippen molar-refractivity contribution in [2.45, 2.75) is 46.1 Å². The molecule has 0 amide bonds. The summed E-state index contributed by atoms with van der Waals surface area (Å²) in [5, 5.41) is 1.00. The Kier molecular flexibility index (Phi) is 7.90. The fourth-order valence-electron chi connectivity index (χ4n) is 3.21. The van der Waals surface area contributed by atoms with Crippen molar-refractivity contribution in [2.75, 3.05) is 7.05 Å². The molecular weight excluding hydrogens is 392 g/mol. The van der Waals surface area contributed by atoms with Crippen molar-refractivity contribution < 1.29 is 0 Å². The lowest BCUT2D eigenvalue weighted by molar-refractivity contribution is 0.513. The lowest BCUT2D eigenvalue weighted by atomic mass is 9.92. The highest BCUT2D eigenvalue weighted by molar-refractivity contribution is 7.15. The molecule has 0 spiro atoms. The Morgan fingerprint density at radius 1 is 1.20 bits per heavy atom. The quantitative estimate of drug-likeness (QED) is 0.545. The van der Waals surface area contributed by atoms with Crippen LogP contribution in [0.15, 0.2) is 51.8 Å². The van der Waals surface area contributed by atoms with Crippen molar-refractivity contribution in [3.63, 3.8) is 0 Å². The van der Waals surface area contributed by atoms with Gasteiger partial charge in [0.05, 0.1) is 16.3 Å². The van der Waals surface area contributed by atoms with Crippen LogP contribution in [0.3, 0.4) is 0 Å². The van der Waals surface area contributed by atoms with Crippen molar-refractivity contribution in [3.05, 3.63) is 58.2 Å². The van der Waals surface area contributed by atoms with Crippen LogP contribution >= 0.6 is 11.3 Å². The molecule has 0 bridgehead atoms. The zero-order chi connectivity index (χ0) is 21.3. The Morgan fingerprint density at radius 2 is 2.00 bits per heavy atom. The van der Waals surface area contributed by atoms with Crippen LogP contribution in [0.25, 0.3) is 5.57 Å². The van der Waals surface area contributed by atoms with E-state index < -0.39 is 0 Å². The number of rotatable bonds is 8. The predicted molar refractivity (Wildman–Crippen MR) is 127 cm³/mol. The molecular formula is C23H28N6S. The van der Waals surface area contributed by atoms with E-state index in [0.29, 0.717) is 0 Å². The fraction of sp³-hybridized carbons (Fsp3) is 0.391. The lowest BCUT2D eigenvalue weighted by Crippen LogP contribution is -2.18. The SMILES string of the molecule is CCC=N/C=C(\CC)c1nc(C)c(C2=NC(c3ncccn3)C(CC=NC)C=C2)s1. The van der Waals surface area contributed by atoms with E-state index in [2.05, 4.69) is 46.0 Å². The summed E-state index contributed by atoms with van der Waals surface area (Å²) in [5.74, 6) is 0.918. The fourth-order valence-corrected chi connectivity index (χ4v) is 4.33. The van der Waals surface area contributed by atoms with Gasteiger partial charge in [0.2, 0.25) is 0 Å². The van der Waals surface area contributed by atoms with Crippen LogP contribution in [0.4, 0.5) is 0 Å². The zero-order valence-electron chi connectivity index (χ0n) is 18.0. The van der Waals surface area contributed by atoms with Gasteiger partial charge < -0.3 is 4.99 Å². The van der Waals surface area contributed by atoms with Crippen molar-refractivity contribution in [3.8, 4) is 0 Å². The molecule has 30 heavy (non-hydrogen) atoms. The summed E-state index contributed by atoms with van der Waals surface area (Å²) >= 11 is 1.67. The van der Waals surface area contributed by atoms with Crippen molar-refractivity contribution in [1.29, 1.82) is 0 Å². The second kappa shape index (κ2) is 10.8. The van der Waals surface area contributed by atoms with Gasteiger partial charge in [0, 0.05) is 43.3 Å². The van der Waals surface area contributed by atoms with E-state index in [1.54, 1.807) is 30.8 Å². The van der Waals surface area contributed by atoms with Crippen LogP contribution in [0.1, 0.15) is 60.6 Å². The van der Waals surface area contributed by atoms with Crippen LogP contribution in [-0.2, 0) is 0 Å². The normalized spacial score (nSPS) is 19.7. The van der Waals surface area contributed by atoms with Crippen LogP contribution in [0, 0.1) is 12.8 Å². The molecule has 7 heteroatoms. The number of aromatic nitrogens is 3. The monoisotopic (exact) mass is 420 g/mol. The first-order valence-electron chi connectivity index (χ1n) is 10.3. The summed E-state index contributed by atoms with van der Waals surface area (Å²) in [6.07, 6.45) is 16.2. The first-order chi connectivity index (χ1) is 14.7. The molecule has 6 nitrogen and oxygen atoms in total. The molecule has 0 fully saturated rings. The molecule has 0 saturated carbocycles. The highest BCUT2D eigenvalue weighted by Gasteiger charge is 2.27. The first kappa shape index (κ1) is 21.9. The number of aliphatic imine (C=N–C) groups is 3. The van der Waals surface area contributed by atoms with E-state index >= 15 is 0 Å². The second-order valence-electron chi connectivity index (χ2n) is 6.95. The van der Waals surface area contributed by atoms with Crippen molar-refractivity contribution in [1.82, 2.24) is 15.0 Å². The van der Waals surface area contributed by atoms with E-state index in [9.17, 15) is 0 Å². The average Bonchev–Trinajstić information content (AvgIpc) is 3.17. The third-order valence-electron chi connectivity index (χ3n) is 4.80. The van der Waals surface area contributed by atoms with Crippen LogP contribution < -0.4 is 0 Å². The summed E-state index contributed by atoms with van der Waals surface area (Å²) < 4.78 is 0. The molecule has 3 rings (SSSR count). The minimum atomic E-state index is -0.135. The Balaban J connectivity index is 1.96. The number of hydrogen-bond acceptors (Lipinski definition) is 7. The molecule has 0 saturated heterocycles. The Hall–Kier alpha value is -2.80. The Labute approximate surface area is 182 Å². The van der Waals surface area contributed by atoms with E-state index in [4.69, 9.17) is 9.98 Å². The second-order valence-corrected chi connectivity index (χ2v) is 7.95. The first-order valence-corrected chi connectivity index (χ1v) is 11.1. The lowest BCUT2D eigenvalue weighted by Gasteiger charge is -2.23. The molecule has 156 valence electrons. The largest absolute Gasteiger partial charge is 0.301 e. The minimum Gasteiger partial charge on any atom is -0.301 e. The zero-order valence-corrected chi connectivity index (χ0v) is 18.8. The molecule has 2 atom stereocenters. The number of thiazole rings is 1. The van der Waals surface area contributed by atoms with Gasteiger partial charge >= 0.3 is 0 Å². The van der Waals surface area contributed by atoms with Crippen molar-refractivity contribution in [2.24, 2.45) is 20.9 Å². The van der Waals surface area contributed by atoms with E-state index in [1.165, 1.54) is 0 Å². The van der Waals surface area contributed by atoms with Gasteiger partial charge in [-0.3, -0.25) is 9.98 Å². The van der Waals surface area contributed by atoms with Gasteiger partial charge in [-0.1, -0.05) is 19.9 Å². The van der Waals surface area contributed by atoms with Gasteiger partial charge in [0.1, 0.15) is 11.0 Å². The molecule has 2 aromatic heterocycles. The summed E-state index contributed by atoms with van der Waals surface area (Å²) in [4.78, 5) is 28.4. The van der Waals surface area contributed by atoms with E-state index in [1.807, 2.05) is 31.6 Å². The summed E-state index contributed by atoms with van der Waals surface area (Å²) in [6, 6.07) is 1.69. The highest BCUT2D eigenvalue weighted by atomic mass is 32.1. The van der Waals surface area contributed by atoms with Gasteiger partial charge in [-0.2, -0.15) is 0 Å². The van der Waals surface area contributed by atoms with Gasteiger partial charge in [-0.05, 0) is 44.5 Å². The highest BCUT2D eigenvalue weighted by Crippen LogP contribution is 2.34. The average molecular weight is 421 g/mol. The van der Waals surface area contributed by atoms with E-state index in [0.717, 1.165) is 52.0 Å². The summed E-state index contributed by atoms with van der Waals surface area (Å²) in [7, 11) is 1.79. The van der Waals surface area contributed by atoms with Crippen molar-refractivity contribution >= 4 is 35.1 Å². The molecule has 2 unspecified atom stereocenters. The molecule has 3 heterocycles. The summed E-state index contributed by atoms with van der Waals surface area (Å²) in [5.41, 5.74) is 3.06. The van der Waals surface area contributed by atoms with Gasteiger partial charge in [0.25, 0.3) is 0 Å². The van der Waals surface area contributed by atoms with Gasteiger partial charge in [-0.15, -0.1) is 11.3 Å². The molecule has 1 aliphatic rings. The third-order valence-corrected chi connectivity index (χ3v) is 6.05. The minimum absolute atomic E-state index is 0.135. The van der Waals surface area contributed by atoms with E-state index in [-0.39, 0.29) is 12.0 Å². The number of hydrogen-bond donors (Lipinski definition) is 0. The number of nitrogens with zero attached hydrogens (tertiary/aromatic N) is 6. The van der Waals surface area contributed by atoms with Crippen LogP contribution in [0.5, 0.6) is 0 Å². The predicted octanol–water partition coefficient (Wildman–Crippen LogP) is 5.28. The standard InChI is InChI=1S/C23H28N6S/c1-5-11-25-15-17(6-2)23-28-16(3)21(30-23)19-9-8-18(10-14-24-4)20(29-19)22-26-12-7-13-27-22/h7-9,11-15,18,20H,5-6,10H2,1-4H3/b17-15+,24-14?,25-11?. The molecule has 0 N–H and O–H groups in total. The molecule has 0 aromatic carbocycles. The maximum atomic E-state index is 5.06. The number of allylic oxidation sites excluding steroid dienone is 2. The Bertz CT molecular complexity index is 984. The molecule has 0 radical (unpaired) electrons. The molecule has 0 aliphatic carbocycles. The Morgan fingerprint density at radius 3 is 2.70 bits per heavy atom. The van der Waals surface area contributed by atoms with Crippen LogP contribution in [-0.4, -0.2) is 40.1 Å². The summed E-state index contributed by atoms with van der Waals surface area (Å²) in [6.45, 7) is 6.25.